The van der Waals surface area contributed by atoms with Crippen LogP contribution in [-0.4, -0.2) is 66.1 Å². The molecule has 2 fully saturated rings. The van der Waals surface area contributed by atoms with Crippen LogP contribution in [0, 0.1) is 5.92 Å². The monoisotopic (exact) mass is 628 g/mol. The van der Waals surface area contributed by atoms with Crippen LogP contribution in [0.2, 0.25) is 18.6 Å². The van der Waals surface area contributed by atoms with Gasteiger partial charge in [-0.3, -0.25) is 19.3 Å². The van der Waals surface area contributed by atoms with Gasteiger partial charge in [0.25, 0.3) is 11.8 Å². The molecule has 0 bridgehead atoms. The maximum atomic E-state index is 14.7. The van der Waals surface area contributed by atoms with Crippen LogP contribution >= 0.6 is 0 Å². The number of hydrogen-bond acceptors (Lipinski definition) is 7. The van der Waals surface area contributed by atoms with Crippen molar-refractivity contribution in [2.24, 2.45) is 5.92 Å². The summed E-state index contributed by atoms with van der Waals surface area (Å²) in [5, 5.41) is 12.8. The highest BCUT2D eigenvalue weighted by molar-refractivity contribution is 6.71. The number of nitrogens with zero attached hydrogens (tertiary/aromatic N) is 2. The molecule has 3 aromatic carbocycles. The first-order valence-electron chi connectivity index (χ1n) is 15.5. The van der Waals surface area contributed by atoms with Crippen LogP contribution in [0.15, 0.2) is 72.8 Å². The number of carbonyl (C=O) groups is 3. The highest BCUT2D eigenvalue weighted by atomic mass is 28.4. The molecule has 3 amide bonds. The number of para-hydroxylation sites is 1. The SMILES string of the molecule is C[C@H]1[C@H]([Si](C)(C)O)[C@@H](CC(=O)N2CCC[C@H]2CO)O[C@]12C(=O)N(c1ccccc1)c1ccc(NC(=O)c3ccc(N)cc3)cc12. The molecule has 5 N–H and O–H groups in total. The van der Waals surface area contributed by atoms with E-state index >= 15 is 0 Å². The Morgan fingerprint density at radius 2 is 1.80 bits per heavy atom. The minimum Gasteiger partial charge on any atom is -0.432 e. The molecule has 0 aromatic heterocycles. The number of benzene rings is 3. The Hall–Kier alpha value is -4.03. The van der Waals surface area contributed by atoms with E-state index in [1.165, 1.54) is 0 Å². The number of anilines is 4. The fourth-order valence-electron chi connectivity index (χ4n) is 7.59. The van der Waals surface area contributed by atoms with E-state index in [2.05, 4.69) is 5.32 Å². The molecule has 3 aliphatic heterocycles. The largest absolute Gasteiger partial charge is 0.432 e. The van der Waals surface area contributed by atoms with Gasteiger partial charge in [0.2, 0.25) is 5.91 Å². The van der Waals surface area contributed by atoms with Crippen molar-refractivity contribution in [3.05, 3.63) is 83.9 Å². The number of nitrogens with one attached hydrogen (secondary N) is 1. The Balaban J connectivity index is 1.42. The van der Waals surface area contributed by atoms with Gasteiger partial charge in [0.15, 0.2) is 13.9 Å². The van der Waals surface area contributed by atoms with Gasteiger partial charge in [-0.05, 0) is 80.5 Å². The Bertz CT molecular complexity index is 1610. The van der Waals surface area contributed by atoms with E-state index in [1.807, 2.05) is 50.3 Å². The molecule has 3 heterocycles. The molecule has 0 radical (unpaired) electrons. The van der Waals surface area contributed by atoms with E-state index < -0.39 is 31.5 Å². The highest BCUT2D eigenvalue weighted by Crippen LogP contribution is 2.61. The number of aliphatic hydroxyl groups excluding tert-OH is 1. The fourth-order valence-corrected chi connectivity index (χ4v) is 10.1. The van der Waals surface area contributed by atoms with E-state index in [0.29, 0.717) is 40.4 Å². The van der Waals surface area contributed by atoms with Crippen molar-refractivity contribution in [1.29, 1.82) is 0 Å². The summed E-state index contributed by atoms with van der Waals surface area (Å²) in [6.45, 7) is 6.01. The number of aliphatic hydroxyl groups is 1. The van der Waals surface area contributed by atoms with Crippen LogP contribution in [0.1, 0.15) is 42.1 Å². The first kappa shape index (κ1) is 31.0. The Morgan fingerprint density at radius 3 is 2.47 bits per heavy atom. The van der Waals surface area contributed by atoms with Crippen LogP contribution < -0.4 is 16.0 Å². The number of carbonyl (C=O) groups excluding carboxylic acids is 3. The number of ether oxygens (including phenoxy) is 1. The summed E-state index contributed by atoms with van der Waals surface area (Å²) < 4.78 is 6.86. The molecule has 3 aliphatic rings. The lowest BCUT2D eigenvalue weighted by molar-refractivity contribution is -0.149. The van der Waals surface area contributed by atoms with Crippen LogP contribution in [-0.2, 0) is 19.9 Å². The van der Waals surface area contributed by atoms with Gasteiger partial charge in [0.1, 0.15) is 0 Å². The molecule has 3 aromatic rings. The van der Waals surface area contributed by atoms with E-state index in [9.17, 15) is 24.3 Å². The zero-order chi connectivity index (χ0) is 32.1. The average Bonchev–Trinajstić information content (AvgIpc) is 3.67. The summed E-state index contributed by atoms with van der Waals surface area (Å²) >= 11 is 0. The minimum atomic E-state index is -3.01. The number of fused-ring (bicyclic) bond motifs is 2. The number of rotatable bonds is 7. The maximum Gasteiger partial charge on any atom is 0.268 e. The average molecular weight is 629 g/mol. The fraction of sp³-hybridized carbons (Fsp3) is 0.382. The second-order valence-corrected chi connectivity index (χ2v) is 16.9. The standard InChI is InChI=1S/C34H40N4O6Si/c1-21-31(45(2,3)43)29(19-30(40)37-17-7-10-26(37)20-39)44-34(21)27-18-24(36-32(41)22-11-13-23(35)14-12-22)15-16-28(27)38(33(34)42)25-8-5-4-6-9-25/h4-6,8-9,11-16,18,21,26,29,31,39,43H,7,10,17,19-20,35H2,1-3H3,(H,36,41)/t21-,26-,29+,31-,34+/m0/s1. The molecule has 0 aliphatic carbocycles. The molecule has 236 valence electrons. The van der Waals surface area contributed by atoms with Gasteiger partial charge in [0, 0.05) is 46.2 Å². The predicted octanol–water partition coefficient (Wildman–Crippen LogP) is 4.37. The van der Waals surface area contributed by atoms with E-state index in [0.717, 1.165) is 12.8 Å². The maximum absolute atomic E-state index is 14.7. The van der Waals surface area contributed by atoms with Gasteiger partial charge < -0.3 is 30.6 Å². The van der Waals surface area contributed by atoms with Crippen molar-refractivity contribution in [2.75, 3.05) is 29.1 Å². The summed E-state index contributed by atoms with van der Waals surface area (Å²) in [5.74, 6) is -1.27. The van der Waals surface area contributed by atoms with Gasteiger partial charge in [0.05, 0.1) is 30.9 Å². The lowest BCUT2D eigenvalue weighted by atomic mass is 9.82. The third-order valence-electron chi connectivity index (χ3n) is 9.62. The lowest BCUT2D eigenvalue weighted by Crippen LogP contribution is -2.45. The molecule has 10 nitrogen and oxygen atoms in total. The molecule has 11 heteroatoms. The number of hydrogen-bond donors (Lipinski definition) is 4. The Labute approximate surface area is 263 Å². The van der Waals surface area contributed by atoms with Crippen LogP contribution in [0.25, 0.3) is 0 Å². The molecular weight excluding hydrogens is 588 g/mol. The first-order chi connectivity index (χ1) is 21.5. The summed E-state index contributed by atoms with van der Waals surface area (Å²) in [4.78, 5) is 56.5. The second kappa shape index (κ2) is 11.7. The van der Waals surface area contributed by atoms with Gasteiger partial charge in [-0.15, -0.1) is 0 Å². The molecule has 0 saturated carbocycles. The normalized spacial score (nSPS) is 26.0. The van der Waals surface area contributed by atoms with Crippen molar-refractivity contribution >= 4 is 48.8 Å². The van der Waals surface area contributed by atoms with E-state index in [1.54, 1.807) is 52.3 Å². The second-order valence-electron chi connectivity index (χ2n) is 12.9. The molecule has 45 heavy (non-hydrogen) atoms. The number of amides is 3. The van der Waals surface area contributed by atoms with Crippen molar-refractivity contribution in [3.8, 4) is 0 Å². The van der Waals surface area contributed by atoms with Gasteiger partial charge in [-0.2, -0.15) is 0 Å². The third-order valence-corrected chi connectivity index (χ3v) is 12.1. The molecule has 1 spiro atoms. The summed E-state index contributed by atoms with van der Waals surface area (Å²) in [6.07, 6.45) is 0.821. The zero-order valence-electron chi connectivity index (χ0n) is 25.8. The predicted molar refractivity (Wildman–Crippen MR) is 174 cm³/mol. The molecule has 5 atom stereocenters. The molecular formula is C34H40N4O6Si. The summed E-state index contributed by atoms with van der Waals surface area (Å²) in [5.41, 5.74) is 7.16. The van der Waals surface area contributed by atoms with Crippen LogP contribution in [0.3, 0.4) is 0 Å². The molecule has 2 saturated heterocycles. The summed E-state index contributed by atoms with van der Waals surface area (Å²) in [7, 11) is -3.01. The molecule has 6 rings (SSSR count). The minimum absolute atomic E-state index is 0.00817. The van der Waals surface area contributed by atoms with Crippen LogP contribution in [0.4, 0.5) is 22.7 Å². The third kappa shape index (κ3) is 5.33. The van der Waals surface area contributed by atoms with Crippen molar-refractivity contribution in [1.82, 2.24) is 4.90 Å². The van der Waals surface area contributed by atoms with Crippen molar-refractivity contribution in [2.45, 2.75) is 62.6 Å². The van der Waals surface area contributed by atoms with E-state index in [4.69, 9.17) is 10.5 Å². The quantitative estimate of drug-likeness (QED) is 0.225. The number of likely N-dealkylation sites (tertiary alicyclic amines) is 1. The number of nitrogen functional groups attached to an aromatic ring is 1. The number of nitrogens with two attached hydrogens (primary N) is 1. The highest BCUT2D eigenvalue weighted by Gasteiger charge is 2.66. The summed E-state index contributed by atoms with van der Waals surface area (Å²) in [6, 6.07) is 21.0. The first-order valence-corrected chi connectivity index (χ1v) is 18.5. The zero-order valence-corrected chi connectivity index (χ0v) is 26.8. The van der Waals surface area contributed by atoms with Gasteiger partial charge in [-0.1, -0.05) is 25.1 Å². The van der Waals surface area contributed by atoms with Crippen molar-refractivity contribution in [3.63, 3.8) is 0 Å². The topological polar surface area (TPSA) is 145 Å². The lowest BCUT2D eigenvalue weighted by Gasteiger charge is -2.33. The van der Waals surface area contributed by atoms with E-state index in [-0.39, 0.29) is 36.8 Å². The molecule has 0 unspecified atom stereocenters. The van der Waals surface area contributed by atoms with Crippen LogP contribution in [0.5, 0.6) is 0 Å². The Kier molecular flexibility index (Phi) is 8.06. The van der Waals surface area contributed by atoms with Gasteiger partial charge >= 0.3 is 0 Å². The van der Waals surface area contributed by atoms with Crippen molar-refractivity contribution < 1.29 is 29.0 Å². The smallest absolute Gasteiger partial charge is 0.268 e. The Morgan fingerprint density at radius 1 is 1.09 bits per heavy atom. The van der Waals surface area contributed by atoms with Gasteiger partial charge in [-0.25, -0.2) is 0 Å².